The molecule has 1 fully saturated rings. The highest BCUT2D eigenvalue weighted by molar-refractivity contribution is 7.80. The van der Waals surface area contributed by atoms with E-state index in [1.54, 1.807) is 0 Å². The Morgan fingerprint density at radius 3 is 2.06 bits per heavy atom. The number of benzene rings is 1. The fourth-order valence-corrected chi connectivity index (χ4v) is 1.65. The van der Waals surface area contributed by atoms with E-state index in [0.29, 0.717) is 6.04 Å². The monoisotopic (exact) mass is 239 g/mol. The Morgan fingerprint density at radius 1 is 1.19 bits per heavy atom. The van der Waals surface area contributed by atoms with Crippen LogP contribution in [0.15, 0.2) is 29.2 Å². The molecule has 1 aliphatic rings. The summed E-state index contributed by atoms with van der Waals surface area (Å²) in [4.78, 5) is 3.27. The second-order valence-corrected chi connectivity index (χ2v) is 4.75. The molecule has 0 aliphatic carbocycles. The standard InChI is InChI=1S/C6H14N2.C6H7NS/c1-8-4-2-6(7)3-5-8;7-5-1-3-6(8)4-2-5/h6H,2-5,7H2,1H3;1-4,8H,7H2. The quantitative estimate of drug-likeness (QED) is 0.476. The summed E-state index contributed by atoms with van der Waals surface area (Å²) in [6.07, 6.45) is 2.35. The number of nitrogens with two attached hydrogens (primary N) is 2. The van der Waals surface area contributed by atoms with Crippen molar-refractivity contribution in [3.8, 4) is 0 Å². The second-order valence-electron chi connectivity index (χ2n) is 4.23. The number of likely N-dealkylation sites (tertiary alicyclic amines) is 1. The molecule has 0 radical (unpaired) electrons. The van der Waals surface area contributed by atoms with Crippen LogP contribution in [0, 0.1) is 0 Å². The predicted molar refractivity (Wildman–Crippen MR) is 72.8 cm³/mol. The number of hydrogen-bond donors (Lipinski definition) is 3. The van der Waals surface area contributed by atoms with Gasteiger partial charge >= 0.3 is 0 Å². The van der Waals surface area contributed by atoms with Crippen LogP contribution in [0.3, 0.4) is 0 Å². The van der Waals surface area contributed by atoms with Crippen molar-refractivity contribution in [2.75, 3.05) is 25.9 Å². The second kappa shape index (κ2) is 6.78. The summed E-state index contributed by atoms with van der Waals surface area (Å²) >= 11 is 4.08. The van der Waals surface area contributed by atoms with Gasteiger partial charge in [0.25, 0.3) is 0 Å². The van der Waals surface area contributed by atoms with E-state index >= 15 is 0 Å². The van der Waals surface area contributed by atoms with Crippen molar-refractivity contribution < 1.29 is 0 Å². The van der Waals surface area contributed by atoms with Crippen LogP contribution in [0.2, 0.25) is 0 Å². The van der Waals surface area contributed by atoms with Gasteiger partial charge in [0.1, 0.15) is 0 Å². The van der Waals surface area contributed by atoms with E-state index in [4.69, 9.17) is 11.5 Å². The van der Waals surface area contributed by atoms with Crippen molar-refractivity contribution in [3.63, 3.8) is 0 Å². The van der Waals surface area contributed by atoms with E-state index in [2.05, 4.69) is 24.6 Å². The molecule has 0 saturated carbocycles. The van der Waals surface area contributed by atoms with Crippen LogP contribution in [0.1, 0.15) is 12.8 Å². The maximum Gasteiger partial charge on any atom is 0.0314 e. The van der Waals surface area contributed by atoms with Gasteiger partial charge in [-0.15, -0.1) is 12.6 Å². The topological polar surface area (TPSA) is 55.3 Å². The maximum absolute atomic E-state index is 5.67. The first kappa shape index (κ1) is 13.4. The fourth-order valence-electron chi connectivity index (χ4n) is 1.50. The van der Waals surface area contributed by atoms with Crippen molar-refractivity contribution in [2.24, 2.45) is 5.73 Å². The Balaban J connectivity index is 0.000000160. The third-order valence-corrected chi connectivity index (χ3v) is 2.95. The molecular formula is C12H21N3S. The van der Waals surface area contributed by atoms with E-state index in [-0.39, 0.29) is 0 Å². The lowest BCUT2D eigenvalue weighted by atomic mass is 10.1. The Morgan fingerprint density at radius 2 is 1.69 bits per heavy atom. The van der Waals surface area contributed by atoms with Crippen LogP contribution in [0.4, 0.5) is 5.69 Å². The zero-order chi connectivity index (χ0) is 12.0. The van der Waals surface area contributed by atoms with Crippen LogP contribution in [-0.4, -0.2) is 31.1 Å². The number of hydrogen-bond acceptors (Lipinski definition) is 4. The van der Waals surface area contributed by atoms with Gasteiger partial charge in [0, 0.05) is 16.6 Å². The maximum atomic E-state index is 5.67. The largest absolute Gasteiger partial charge is 0.399 e. The molecule has 1 heterocycles. The molecule has 1 aliphatic heterocycles. The summed E-state index contributed by atoms with van der Waals surface area (Å²) in [7, 11) is 2.14. The van der Waals surface area contributed by atoms with Crippen molar-refractivity contribution >= 4 is 18.3 Å². The van der Waals surface area contributed by atoms with Gasteiger partial charge in [-0.1, -0.05) is 0 Å². The third kappa shape index (κ3) is 5.39. The summed E-state index contributed by atoms with van der Waals surface area (Å²) in [5.41, 5.74) is 11.8. The SMILES string of the molecule is CN1CCC(N)CC1.Nc1ccc(S)cc1. The molecule has 2 rings (SSSR count). The Bertz CT molecular complexity index is 261. The van der Waals surface area contributed by atoms with Crippen LogP contribution < -0.4 is 11.5 Å². The summed E-state index contributed by atoms with van der Waals surface area (Å²) in [6.45, 7) is 2.36. The average molecular weight is 239 g/mol. The molecule has 4 N–H and O–H groups in total. The van der Waals surface area contributed by atoms with E-state index in [0.717, 1.165) is 10.6 Å². The molecule has 0 aromatic heterocycles. The van der Waals surface area contributed by atoms with Crippen molar-refractivity contribution in [1.82, 2.24) is 4.90 Å². The third-order valence-electron chi connectivity index (χ3n) is 2.66. The highest BCUT2D eigenvalue weighted by Crippen LogP contribution is 2.07. The Kier molecular flexibility index (Phi) is 5.66. The molecule has 0 unspecified atom stereocenters. The van der Waals surface area contributed by atoms with Gasteiger partial charge in [0.2, 0.25) is 0 Å². The fraction of sp³-hybridized carbons (Fsp3) is 0.500. The first-order valence-corrected chi connectivity index (χ1v) is 6.01. The Labute approximate surface area is 103 Å². The zero-order valence-electron chi connectivity index (χ0n) is 9.76. The molecule has 3 nitrogen and oxygen atoms in total. The van der Waals surface area contributed by atoms with Gasteiger partial charge in [-0.3, -0.25) is 0 Å². The van der Waals surface area contributed by atoms with E-state index < -0.39 is 0 Å². The number of rotatable bonds is 0. The van der Waals surface area contributed by atoms with Crippen molar-refractivity contribution in [2.45, 2.75) is 23.8 Å². The lowest BCUT2D eigenvalue weighted by Crippen LogP contribution is -2.37. The van der Waals surface area contributed by atoms with Crippen molar-refractivity contribution in [3.05, 3.63) is 24.3 Å². The highest BCUT2D eigenvalue weighted by Gasteiger charge is 2.11. The normalized spacial score (nSPS) is 17.7. The number of nitrogens with zero attached hydrogens (tertiary/aromatic N) is 1. The minimum Gasteiger partial charge on any atom is -0.399 e. The molecule has 16 heavy (non-hydrogen) atoms. The van der Waals surface area contributed by atoms with E-state index in [1.807, 2.05) is 24.3 Å². The first-order chi connectivity index (χ1) is 7.58. The van der Waals surface area contributed by atoms with Crippen LogP contribution in [0.25, 0.3) is 0 Å². The van der Waals surface area contributed by atoms with Gasteiger partial charge in [0.15, 0.2) is 0 Å². The number of anilines is 1. The van der Waals surface area contributed by atoms with E-state index in [9.17, 15) is 0 Å². The molecular weight excluding hydrogens is 218 g/mol. The lowest BCUT2D eigenvalue weighted by Gasteiger charge is -2.25. The highest BCUT2D eigenvalue weighted by atomic mass is 32.1. The van der Waals surface area contributed by atoms with Crippen LogP contribution in [-0.2, 0) is 0 Å². The summed E-state index contributed by atoms with van der Waals surface area (Å²) < 4.78 is 0. The lowest BCUT2D eigenvalue weighted by molar-refractivity contribution is 0.256. The molecule has 4 heteroatoms. The van der Waals surface area contributed by atoms with Crippen LogP contribution in [0.5, 0.6) is 0 Å². The predicted octanol–water partition coefficient (Wildman–Crippen LogP) is 1.60. The van der Waals surface area contributed by atoms with Gasteiger partial charge in [-0.2, -0.15) is 0 Å². The molecule has 0 spiro atoms. The molecule has 90 valence electrons. The molecule has 1 saturated heterocycles. The summed E-state index contributed by atoms with van der Waals surface area (Å²) in [5.74, 6) is 0. The van der Waals surface area contributed by atoms with Gasteiger partial charge in [0.05, 0.1) is 0 Å². The average Bonchev–Trinajstić information content (AvgIpc) is 2.28. The minimum atomic E-state index is 0.478. The van der Waals surface area contributed by atoms with Crippen LogP contribution >= 0.6 is 12.6 Å². The number of nitrogen functional groups attached to an aromatic ring is 1. The molecule has 0 atom stereocenters. The first-order valence-electron chi connectivity index (χ1n) is 5.56. The summed E-state index contributed by atoms with van der Waals surface area (Å²) in [6, 6.07) is 7.84. The van der Waals surface area contributed by atoms with Crippen molar-refractivity contribution in [1.29, 1.82) is 0 Å². The number of thiol groups is 1. The number of piperidine rings is 1. The summed E-state index contributed by atoms with van der Waals surface area (Å²) in [5, 5.41) is 0. The van der Waals surface area contributed by atoms with E-state index in [1.165, 1.54) is 25.9 Å². The Hall–Kier alpha value is -0.710. The van der Waals surface area contributed by atoms with Gasteiger partial charge in [-0.25, -0.2) is 0 Å². The minimum absolute atomic E-state index is 0.478. The molecule has 0 bridgehead atoms. The van der Waals surface area contributed by atoms with Gasteiger partial charge in [-0.05, 0) is 57.2 Å². The zero-order valence-corrected chi connectivity index (χ0v) is 10.7. The smallest absolute Gasteiger partial charge is 0.0314 e. The molecule has 1 aromatic carbocycles. The molecule has 0 amide bonds. The molecule has 1 aromatic rings. The van der Waals surface area contributed by atoms with Gasteiger partial charge < -0.3 is 16.4 Å².